The van der Waals surface area contributed by atoms with Gasteiger partial charge in [-0.05, 0) is 34.7 Å². The van der Waals surface area contributed by atoms with Crippen molar-refractivity contribution in [2.45, 2.75) is 0 Å². The van der Waals surface area contributed by atoms with Crippen molar-refractivity contribution in [3.8, 4) is 22.5 Å². The van der Waals surface area contributed by atoms with Gasteiger partial charge in [-0.1, -0.05) is 130 Å². The highest BCUT2D eigenvalue weighted by Gasteiger charge is 2.28. The molecule has 0 radical (unpaired) electrons. The summed E-state index contributed by atoms with van der Waals surface area (Å²) < 4.78 is 12.2. The number of hydrogen-bond donors (Lipinski definition) is 0. The maximum absolute atomic E-state index is 7.13. The van der Waals surface area contributed by atoms with Gasteiger partial charge >= 0.3 is 0 Å². The maximum atomic E-state index is 7.13. The lowest BCUT2D eigenvalue weighted by atomic mass is 9.70. The number of aromatic nitrogens is 2. The van der Waals surface area contributed by atoms with Gasteiger partial charge in [0.25, 0.3) is 0 Å². The van der Waals surface area contributed by atoms with Crippen molar-refractivity contribution in [1.82, 2.24) is 9.13 Å². The molecule has 0 aliphatic heterocycles. The van der Waals surface area contributed by atoms with Gasteiger partial charge in [0, 0.05) is 54.7 Å². The van der Waals surface area contributed by atoms with E-state index >= 15 is 0 Å². The predicted octanol–water partition coefficient (Wildman–Crippen LogP) is -14.7. The summed E-state index contributed by atoms with van der Waals surface area (Å²) in [5.41, 5.74) is 31.5. The van der Waals surface area contributed by atoms with E-state index in [4.69, 9.17) is 4.42 Å². The Kier molecular flexibility index (Phi) is 8.76. The monoisotopic (exact) mass is 754 g/mol. The largest absolute Gasteiger partial charge is 0.455 e. The van der Waals surface area contributed by atoms with E-state index in [0.29, 0.717) is 0 Å². The molecular weight excluding hydrogens is 711 g/mol. The summed E-state index contributed by atoms with van der Waals surface area (Å²) in [5.74, 6) is 0. The molecule has 3 aromatic heterocycles. The molecule has 0 saturated carbocycles. The van der Waals surface area contributed by atoms with E-state index < -0.39 is 0 Å². The second kappa shape index (κ2) is 13.5. The Hall–Kier alpha value is -5.09. The number of fused-ring (bicyclic) bond motifs is 9. The Morgan fingerprint density at radius 1 is 0.317 bits per heavy atom. The second-order valence-corrected chi connectivity index (χ2v) is 18.4. The number of rotatable bonds is 3. The molecule has 0 bridgehead atoms. The van der Waals surface area contributed by atoms with Crippen LogP contribution in [0.3, 0.4) is 0 Å². The molecule has 270 valence electrons. The Morgan fingerprint density at radius 3 is 1.38 bits per heavy atom. The minimum atomic E-state index is 0.968. The quantitative estimate of drug-likeness (QED) is 0.165. The molecule has 0 spiro atoms. The van der Waals surface area contributed by atoms with Crippen LogP contribution in [0.5, 0.6) is 0 Å². The third-order valence-electron chi connectivity index (χ3n) is 14.7. The van der Waals surface area contributed by atoms with Gasteiger partial charge in [-0.25, -0.2) is 0 Å². The van der Waals surface area contributed by atoms with Gasteiger partial charge in [0.15, 0.2) is 5.58 Å². The molecule has 18 heteroatoms. The lowest BCUT2D eigenvalue weighted by Gasteiger charge is -2.19. The minimum absolute atomic E-state index is 0.968. The highest BCUT2D eigenvalue weighted by molar-refractivity contribution is 6.64. The lowest BCUT2D eigenvalue weighted by Crippen LogP contribution is -2.32. The zero-order chi connectivity index (χ0) is 42.5. The Bertz CT molecular complexity index is 3610. The third kappa shape index (κ3) is 5.12. The fourth-order valence-electron chi connectivity index (χ4n) is 11.2. The third-order valence-corrected chi connectivity index (χ3v) is 14.7. The number of para-hydroxylation sites is 1. The summed E-state index contributed by atoms with van der Waals surface area (Å²) in [5, 5.41) is 7.87. The Labute approximate surface area is 366 Å². The summed E-state index contributed by atoms with van der Waals surface area (Å²) in [7, 11) is 34.3. The van der Waals surface area contributed by atoms with Gasteiger partial charge in [-0.15, -0.1) is 0 Å². The van der Waals surface area contributed by atoms with Crippen molar-refractivity contribution in [2.24, 2.45) is 0 Å². The van der Waals surface area contributed by atoms with Crippen LogP contribution in [0.1, 0.15) is 0 Å². The van der Waals surface area contributed by atoms with Crippen LogP contribution in [-0.4, -0.2) is 127 Å². The molecule has 7 aromatic carbocycles. The molecule has 0 fully saturated rings. The molecule has 3 heterocycles. The maximum Gasteiger partial charge on any atom is 0.158 e. The Balaban J connectivity index is 1.36. The van der Waals surface area contributed by atoms with E-state index in [0.717, 1.165) is 16.9 Å². The van der Waals surface area contributed by atoms with Gasteiger partial charge in [-0.3, -0.25) is 0 Å². The van der Waals surface area contributed by atoms with Gasteiger partial charge in [0.05, 0.1) is 5.69 Å². The lowest BCUT2D eigenvalue weighted by molar-refractivity contribution is 0.669. The molecule has 3 nitrogen and oxygen atoms in total. The van der Waals surface area contributed by atoms with Crippen molar-refractivity contribution < 1.29 is 4.42 Å². The van der Waals surface area contributed by atoms with Crippen molar-refractivity contribution in [1.29, 1.82) is 0 Å². The summed E-state index contributed by atoms with van der Waals surface area (Å²) in [6, 6.07) is 25.3. The van der Waals surface area contributed by atoms with Gasteiger partial charge < -0.3 is 13.6 Å². The van der Waals surface area contributed by atoms with E-state index in [1.807, 2.05) is 0 Å². The zero-order valence-corrected chi connectivity index (χ0v) is 38.2. The topological polar surface area (TPSA) is 23.0 Å². The van der Waals surface area contributed by atoms with E-state index in [-0.39, 0.29) is 0 Å². The van der Waals surface area contributed by atoms with E-state index in [1.54, 1.807) is 0 Å². The summed E-state index contributed by atoms with van der Waals surface area (Å²) >= 11 is 0. The highest BCUT2D eigenvalue weighted by Crippen LogP contribution is 2.36. The van der Waals surface area contributed by atoms with Crippen molar-refractivity contribution in [3.63, 3.8) is 0 Å². The van der Waals surface area contributed by atoms with Crippen LogP contribution in [0.25, 0.3) is 88.1 Å². The first-order valence-electron chi connectivity index (χ1n) is 21.6. The summed E-state index contributed by atoms with van der Waals surface area (Å²) in [6.07, 6.45) is 0. The van der Waals surface area contributed by atoms with Crippen molar-refractivity contribution in [2.75, 3.05) is 0 Å². The predicted molar refractivity (Wildman–Crippen MR) is 311 cm³/mol. The summed E-state index contributed by atoms with van der Waals surface area (Å²) in [6.45, 7) is 0. The second-order valence-electron chi connectivity index (χ2n) is 18.4. The van der Waals surface area contributed by atoms with E-state index in [9.17, 15) is 0 Å². The molecule has 0 saturated heterocycles. The molecule has 10 rings (SSSR count). The van der Waals surface area contributed by atoms with E-state index in [1.165, 1.54) is 153 Å². The van der Waals surface area contributed by atoms with Gasteiger partial charge in [0.2, 0.25) is 0 Å². The number of furan rings is 1. The minimum Gasteiger partial charge on any atom is -0.455 e. The molecular formula is C42H41B15N2O. The number of benzene rings is 7. The normalized spacial score (nSPS) is 12.0. The molecule has 60 heavy (non-hydrogen) atoms. The number of nitrogens with zero attached hydrogens (tertiary/aromatic N) is 2. The van der Waals surface area contributed by atoms with Crippen LogP contribution in [-0.2, 0) is 0 Å². The molecule has 0 amide bonds. The molecule has 0 atom stereocenters. The van der Waals surface area contributed by atoms with Crippen LogP contribution in [0, 0.1) is 0 Å². The number of hydrogen-bond acceptors (Lipinski definition) is 1. The first-order valence-corrected chi connectivity index (χ1v) is 21.6. The smallest absolute Gasteiger partial charge is 0.158 e. The standard InChI is InChI=1S/C42H41B15N2O/c43-15-8-18(46)35(56)40-25(15)27-31(52)13(6-21(49)37(27)58(40)12-4-2-1-3-5-12)14-7-22(50)38-28(32(14)53)29-33(54)17(45)10-23(51)39(29)59(38)24-11-20(48)34(55)30-26-16(44)9-19(47)36(57)42(26)60-41(24)30/h1-11H,43-57H2. The fraction of sp³-hybridized carbons (Fsp3) is 0. The first kappa shape index (κ1) is 39.1. The molecule has 0 aliphatic carbocycles. The zero-order valence-electron chi connectivity index (χ0n) is 38.2. The van der Waals surface area contributed by atoms with Crippen molar-refractivity contribution >= 4 is 265 Å². The molecule has 0 N–H and O–H groups in total. The van der Waals surface area contributed by atoms with Gasteiger partial charge in [0.1, 0.15) is 123 Å². The van der Waals surface area contributed by atoms with E-state index in [2.05, 4.69) is 194 Å². The van der Waals surface area contributed by atoms with Crippen LogP contribution < -0.4 is 81.9 Å². The van der Waals surface area contributed by atoms with Crippen LogP contribution >= 0.6 is 0 Å². The fourth-order valence-corrected chi connectivity index (χ4v) is 11.2. The average Bonchev–Trinajstić information content (AvgIpc) is 3.91. The van der Waals surface area contributed by atoms with Crippen LogP contribution in [0.15, 0.2) is 71.1 Å². The highest BCUT2D eigenvalue weighted by atomic mass is 16.3. The van der Waals surface area contributed by atoms with Crippen LogP contribution in [0.4, 0.5) is 0 Å². The molecule has 0 aliphatic rings. The Morgan fingerprint density at radius 2 is 0.767 bits per heavy atom. The average molecular weight is 752 g/mol. The SMILES string of the molecule is Bc1cc(B)c2c(oc3c(-n4c5c(B)cc(B)c(B)c5c5c(B)c(-c6cc(B)c7c(c6B)c6c(B)cc(B)c(B)c6n7-c6ccccc6)cc(B)c54)cc(B)c(B)c32)c1B. The van der Waals surface area contributed by atoms with Gasteiger partial charge in [-0.2, -0.15) is 0 Å². The van der Waals surface area contributed by atoms with Crippen molar-refractivity contribution in [3.05, 3.63) is 66.7 Å². The molecule has 0 unspecified atom stereocenters. The first-order chi connectivity index (χ1) is 28.5. The van der Waals surface area contributed by atoms with Crippen LogP contribution in [0.2, 0.25) is 0 Å². The summed E-state index contributed by atoms with van der Waals surface area (Å²) in [4.78, 5) is 0. The molecule has 10 aromatic rings.